The summed E-state index contributed by atoms with van der Waals surface area (Å²) in [7, 11) is 0. The maximum absolute atomic E-state index is 10.4. The topological polar surface area (TPSA) is 134 Å². The fourth-order valence-electron chi connectivity index (χ4n) is 1.03. The Morgan fingerprint density at radius 3 is 1.10 bits per heavy atom. The SMILES string of the molecule is CCCCO.CCCCO.CCOC(=O)C=C(C)O.CCOC(=O)C=C(C)O.[Ti]. The number of aliphatic hydroxyl groups excluding tert-OH is 4. The number of ether oxygens (including phenoxy) is 2. The molecule has 4 N–H and O–H groups in total. The van der Waals surface area contributed by atoms with Crippen LogP contribution in [0.4, 0.5) is 0 Å². The van der Waals surface area contributed by atoms with E-state index in [1.165, 1.54) is 13.8 Å². The Kier molecular flexibility index (Phi) is 45.1. The van der Waals surface area contributed by atoms with Crippen LogP contribution in [0.1, 0.15) is 67.2 Å². The van der Waals surface area contributed by atoms with Crippen LogP contribution in [-0.2, 0) is 40.8 Å². The molecule has 0 unspecified atom stereocenters. The third-order valence-corrected chi connectivity index (χ3v) is 2.25. The number of allylic oxidation sites excluding steroid dienone is 2. The Balaban J connectivity index is -0.0000000907. The van der Waals surface area contributed by atoms with E-state index in [-0.39, 0.29) is 33.2 Å². The van der Waals surface area contributed by atoms with Gasteiger partial charge < -0.3 is 29.9 Å². The molecule has 0 heterocycles. The summed E-state index contributed by atoms with van der Waals surface area (Å²) in [6.45, 7) is 11.7. The Morgan fingerprint density at radius 1 is 0.724 bits per heavy atom. The first kappa shape index (κ1) is 38.3. The maximum Gasteiger partial charge on any atom is 0.334 e. The smallest absolute Gasteiger partial charge is 0.334 e. The van der Waals surface area contributed by atoms with Crippen LogP contribution in [0.15, 0.2) is 23.7 Å². The van der Waals surface area contributed by atoms with Gasteiger partial charge in [0.25, 0.3) is 0 Å². The number of rotatable bonds is 8. The van der Waals surface area contributed by atoms with Crippen LogP contribution in [0.5, 0.6) is 0 Å². The van der Waals surface area contributed by atoms with Gasteiger partial charge >= 0.3 is 11.9 Å². The number of aliphatic hydroxyl groups is 4. The van der Waals surface area contributed by atoms with E-state index in [0.717, 1.165) is 37.8 Å². The van der Waals surface area contributed by atoms with Gasteiger partial charge in [-0.2, -0.15) is 0 Å². The second-order valence-electron chi connectivity index (χ2n) is 5.23. The first-order chi connectivity index (χ1) is 13.2. The maximum atomic E-state index is 10.4. The Bertz CT molecular complexity index is 359. The summed E-state index contributed by atoms with van der Waals surface area (Å²) in [5.74, 6) is -1.07. The average Bonchev–Trinajstić information content (AvgIpc) is 2.57. The number of unbranched alkanes of at least 4 members (excludes halogenated alkanes) is 2. The van der Waals surface area contributed by atoms with Gasteiger partial charge in [0.2, 0.25) is 0 Å². The molecule has 0 fully saturated rings. The van der Waals surface area contributed by atoms with Crippen LogP contribution in [0.2, 0.25) is 0 Å². The van der Waals surface area contributed by atoms with Gasteiger partial charge in [-0.1, -0.05) is 26.7 Å². The monoisotopic (exact) mass is 456 g/mol. The molecule has 0 spiro atoms. The third kappa shape index (κ3) is 58.4. The molecule has 0 radical (unpaired) electrons. The van der Waals surface area contributed by atoms with Crippen molar-refractivity contribution in [2.45, 2.75) is 67.2 Å². The predicted molar refractivity (Wildman–Crippen MR) is 110 cm³/mol. The van der Waals surface area contributed by atoms with E-state index in [9.17, 15) is 9.59 Å². The molecule has 0 aromatic carbocycles. The van der Waals surface area contributed by atoms with E-state index >= 15 is 0 Å². The van der Waals surface area contributed by atoms with E-state index < -0.39 is 11.9 Å². The van der Waals surface area contributed by atoms with Crippen LogP contribution >= 0.6 is 0 Å². The molecule has 0 rings (SSSR count). The molecule has 9 heteroatoms. The summed E-state index contributed by atoms with van der Waals surface area (Å²) in [6, 6.07) is 0. The average molecular weight is 456 g/mol. The first-order valence-electron chi connectivity index (χ1n) is 9.46. The van der Waals surface area contributed by atoms with Crippen molar-refractivity contribution in [3.8, 4) is 0 Å². The van der Waals surface area contributed by atoms with Gasteiger partial charge in [-0.15, -0.1) is 0 Å². The summed E-state index contributed by atoms with van der Waals surface area (Å²) in [4.78, 5) is 20.8. The molecule has 8 nitrogen and oxygen atoms in total. The van der Waals surface area contributed by atoms with Crippen molar-refractivity contribution in [1.82, 2.24) is 0 Å². The fraction of sp³-hybridized carbons (Fsp3) is 0.700. The molecule has 0 aromatic heterocycles. The number of carbonyl (C=O) groups excluding carboxylic acids is 2. The van der Waals surface area contributed by atoms with Crippen LogP contribution in [0.25, 0.3) is 0 Å². The van der Waals surface area contributed by atoms with Gasteiger partial charge in [0.1, 0.15) is 0 Å². The van der Waals surface area contributed by atoms with Crippen molar-refractivity contribution in [1.29, 1.82) is 0 Å². The zero-order valence-electron chi connectivity index (χ0n) is 18.7. The van der Waals surface area contributed by atoms with Crippen molar-refractivity contribution in [2.75, 3.05) is 26.4 Å². The van der Waals surface area contributed by atoms with E-state index in [4.69, 9.17) is 20.4 Å². The van der Waals surface area contributed by atoms with Gasteiger partial charge in [0.15, 0.2) is 0 Å². The number of hydrogen-bond donors (Lipinski definition) is 4. The molecular weight excluding hydrogens is 416 g/mol. The molecule has 0 amide bonds. The van der Waals surface area contributed by atoms with E-state index in [0.29, 0.717) is 26.4 Å². The Morgan fingerprint density at radius 2 is 1.00 bits per heavy atom. The van der Waals surface area contributed by atoms with Gasteiger partial charge in [-0.3, -0.25) is 0 Å². The molecule has 0 bridgehead atoms. The van der Waals surface area contributed by atoms with Crippen molar-refractivity contribution in [3.05, 3.63) is 23.7 Å². The molecule has 0 aliphatic rings. The minimum absolute atomic E-state index is 0. The number of esters is 2. The molecular formula is C20H40O8Ti. The van der Waals surface area contributed by atoms with Gasteiger partial charge in [-0.25, -0.2) is 9.59 Å². The number of hydrogen-bond acceptors (Lipinski definition) is 8. The Hall–Kier alpha value is -1.35. The fourth-order valence-corrected chi connectivity index (χ4v) is 1.03. The molecule has 29 heavy (non-hydrogen) atoms. The van der Waals surface area contributed by atoms with Crippen LogP contribution in [0, 0.1) is 0 Å². The first-order valence-corrected chi connectivity index (χ1v) is 9.46. The van der Waals surface area contributed by atoms with Gasteiger partial charge in [-0.05, 0) is 40.5 Å². The van der Waals surface area contributed by atoms with Gasteiger partial charge in [0.05, 0.1) is 36.9 Å². The largest absolute Gasteiger partial charge is 0.512 e. The minimum atomic E-state index is -0.502. The van der Waals surface area contributed by atoms with Crippen LogP contribution in [-0.4, -0.2) is 58.8 Å². The van der Waals surface area contributed by atoms with Gasteiger partial charge in [0, 0.05) is 34.9 Å². The van der Waals surface area contributed by atoms with Crippen LogP contribution in [0.3, 0.4) is 0 Å². The molecule has 172 valence electrons. The molecule has 0 aromatic rings. The van der Waals surface area contributed by atoms with E-state index in [1.807, 2.05) is 0 Å². The molecule has 0 saturated carbocycles. The third-order valence-electron chi connectivity index (χ3n) is 2.25. The molecule has 0 atom stereocenters. The quantitative estimate of drug-likeness (QED) is 0.189. The van der Waals surface area contributed by atoms with Crippen LogP contribution < -0.4 is 0 Å². The summed E-state index contributed by atoms with van der Waals surface area (Å²) in [5, 5.41) is 33.2. The second-order valence-corrected chi connectivity index (χ2v) is 5.23. The van der Waals surface area contributed by atoms with Crippen molar-refractivity contribution in [3.63, 3.8) is 0 Å². The predicted octanol–water partition coefficient (Wildman–Crippen LogP) is 3.58. The number of carbonyl (C=O) groups is 2. The summed E-state index contributed by atoms with van der Waals surface area (Å²) >= 11 is 0. The molecule has 0 aliphatic carbocycles. The molecule has 0 aliphatic heterocycles. The summed E-state index contributed by atoms with van der Waals surface area (Å²) in [5.41, 5.74) is 0. The normalized spacial score (nSPS) is 9.79. The summed E-state index contributed by atoms with van der Waals surface area (Å²) in [6.07, 6.45) is 6.14. The zero-order valence-corrected chi connectivity index (χ0v) is 20.3. The Labute approximate surface area is 190 Å². The van der Waals surface area contributed by atoms with E-state index in [1.54, 1.807) is 13.8 Å². The van der Waals surface area contributed by atoms with Crippen molar-refractivity contribution >= 4 is 11.9 Å². The zero-order chi connectivity index (χ0) is 22.8. The standard InChI is InChI=1S/2C6H10O3.2C4H10O.Ti/c2*1-3-9-6(8)4-5(2)7;2*1-2-3-4-5;/h2*4,7H,3H2,1-2H3;2*5H,2-4H2,1H3;. The van der Waals surface area contributed by atoms with Crippen molar-refractivity contribution in [2.24, 2.45) is 0 Å². The summed E-state index contributed by atoms with van der Waals surface area (Å²) < 4.78 is 8.95. The van der Waals surface area contributed by atoms with E-state index in [2.05, 4.69) is 23.3 Å². The second kappa shape index (κ2) is 34.2. The van der Waals surface area contributed by atoms with Crippen molar-refractivity contribution < 1.29 is 61.2 Å². The molecule has 0 saturated heterocycles. The minimum Gasteiger partial charge on any atom is -0.512 e.